The summed E-state index contributed by atoms with van der Waals surface area (Å²) in [5.74, 6) is -5.90. The van der Waals surface area contributed by atoms with Crippen LogP contribution < -0.4 is 27.0 Å². The molecule has 9 N–H and O–H groups in total. The van der Waals surface area contributed by atoms with Gasteiger partial charge in [0.1, 0.15) is 30.2 Å². The van der Waals surface area contributed by atoms with Crippen molar-refractivity contribution in [3.63, 3.8) is 0 Å². The van der Waals surface area contributed by atoms with Gasteiger partial charge in [-0.15, -0.1) is 0 Å². The number of imidazole rings is 1. The molecule has 1 aromatic carbocycles. The van der Waals surface area contributed by atoms with Gasteiger partial charge in [-0.05, 0) is 55.9 Å². The number of hydrogen-bond donors (Lipinski definition) is 8. The molecule has 1 aromatic heterocycles. The minimum absolute atomic E-state index is 0.0117. The van der Waals surface area contributed by atoms with Crippen LogP contribution in [0.3, 0.4) is 0 Å². The summed E-state index contributed by atoms with van der Waals surface area (Å²) in [5.41, 5.74) is 7.38. The van der Waals surface area contributed by atoms with Gasteiger partial charge in [0.2, 0.25) is 35.4 Å². The quantitative estimate of drug-likeness (QED) is 0.0343. The number of benzene rings is 1. The van der Waals surface area contributed by atoms with Crippen LogP contribution in [-0.2, 0) is 90.6 Å². The summed E-state index contributed by atoms with van der Waals surface area (Å²) in [5, 5.41) is 20.7. The van der Waals surface area contributed by atoms with Crippen molar-refractivity contribution in [2.24, 2.45) is 17.6 Å². The van der Waals surface area contributed by atoms with Crippen LogP contribution in [0.4, 0.5) is 0 Å². The summed E-state index contributed by atoms with van der Waals surface area (Å²) in [4.78, 5) is 107. The average molecular weight is 1210 g/mol. The van der Waals surface area contributed by atoms with Gasteiger partial charge in [0.25, 0.3) is 0 Å². The van der Waals surface area contributed by atoms with Gasteiger partial charge in [0.05, 0.1) is 125 Å². The van der Waals surface area contributed by atoms with Gasteiger partial charge in [-0.3, -0.25) is 33.3 Å². The first kappa shape index (κ1) is 73.3. The first-order chi connectivity index (χ1) is 40.4. The number of likely N-dealkylation sites (tertiary alicyclic amines) is 1. The first-order valence-corrected chi connectivity index (χ1v) is 31.2. The third-order valence-electron chi connectivity index (χ3n) is 13.7. The number of nitrogens with zero attached hydrogens (tertiary/aromatic N) is 3. The van der Waals surface area contributed by atoms with Gasteiger partial charge in [-0.2, -0.15) is 0 Å². The molecule has 0 bridgehead atoms. The van der Waals surface area contributed by atoms with Crippen molar-refractivity contribution in [3.05, 3.63) is 54.1 Å². The van der Waals surface area contributed by atoms with Crippen molar-refractivity contribution < 1.29 is 86.1 Å². The van der Waals surface area contributed by atoms with Crippen molar-refractivity contribution in [2.75, 3.05) is 126 Å². The fourth-order valence-corrected chi connectivity index (χ4v) is 10.2. The van der Waals surface area contributed by atoms with E-state index in [9.17, 15) is 48.2 Å². The van der Waals surface area contributed by atoms with E-state index in [1.165, 1.54) is 17.4 Å². The van der Waals surface area contributed by atoms with Crippen LogP contribution in [0.25, 0.3) is 0 Å². The van der Waals surface area contributed by atoms with E-state index in [0.717, 1.165) is 44.9 Å². The van der Waals surface area contributed by atoms with E-state index in [1.807, 2.05) is 36.6 Å². The molecule has 3 rings (SSSR count). The molecule has 0 radical (unpaired) electrons. The number of nitrogens with one attached hydrogen (secondary N) is 4. The summed E-state index contributed by atoms with van der Waals surface area (Å²) in [7, 11) is -3.02. The van der Waals surface area contributed by atoms with Crippen molar-refractivity contribution in [2.45, 2.75) is 135 Å². The summed E-state index contributed by atoms with van der Waals surface area (Å²) < 4.78 is 57.0. The highest BCUT2D eigenvalue weighted by Crippen LogP contribution is 2.37. The summed E-state index contributed by atoms with van der Waals surface area (Å²) >= 11 is 0. The number of hydrogen-bond acceptors (Lipinski definition) is 17. The molecule has 0 unspecified atom stereocenters. The lowest BCUT2D eigenvalue weighted by atomic mass is 10.0. The molecule has 6 amide bonds. The number of carbonyl (C=O) groups excluding carboxylic acids is 6. The van der Waals surface area contributed by atoms with Crippen LogP contribution in [0.5, 0.6) is 0 Å². The Hall–Kier alpha value is -4.96. The number of amides is 6. The molecule has 0 spiro atoms. The monoisotopic (exact) mass is 1210 g/mol. The van der Waals surface area contributed by atoms with Crippen molar-refractivity contribution >= 4 is 43.0 Å². The zero-order chi connectivity index (χ0) is 61.4. The Morgan fingerprint density at radius 3 is 1.73 bits per heavy atom. The zero-order valence-electron chi connectivity index (χ0n) is 49.8. The molecule has 1 fully saturated rings. The average Bonchev–Trinajstić information content (AvgIpc) is 4.35. The van der Waals surface area contributed by atoms with E-state index in [1.54, 1.807) is 19.6 Å². The van der Waals surface area contributed by atoms with Crippen LogP contribution >= 0.6 is 7.60 Å². The van der Waals surface area contributed by atoms with E-state index >= 15 is 0 Å². The molecular weight excluding hydrogens is 1120 g/mol. The fraction of sp³-hybridized carbons (Fsp3) is 0.737. The Balaban J connectivity index is 1.52. The zero-order valence-corrected chi connectivity index (χ0v) is 50.7. The highest BCUT2D eigenvalue weighted by atomic mass is 31.2. The summed E-state index contributed by atoms with van der Waals surface area (Å²) in [6.45, 7) is 11.0. The SMILES string of the molecule is COCCOCCOCCOCCOCCOCCOCCOCCC(=O)N1CCC[C@H]1C(=O)N[C@@H](CC(C)C)C(=O)N[C@@H](Cc1cncn1CCCCCCCCc1ccccc1)C(=O)N[C@@H](CO)C(=O)N[C@H](C(N)=O)[C@@H](C)CP(=O)(O)O. The molecule has 1 aliphatic rings. The predicted molar refractivity (Wildman–Crippen MR) is 310 cm³/mol. The topological polar surface area (TPSA) is 349 Å². The third-order valence-corrected chi connectivity index (χ3v) is 14.7. The minimum atomic E-state index is -4.64. The number of carbonyl (C=O) groups is 6. The van der Waals surface area contributed by atoms with Crippen LogP contribution in [0, 0.1) is 11.8 Å². The predicted octanol–water partition coefficient (Wildman–Crippen LogP) is 1.43. The van der Waals surface area contributed by atoms with Gasteiger partial charge in [0, 0.05) is 38.5 Å². The Labute approximate surface area is 495 Å². The molecule has 0 saturated carbocycles. The lowest BCUT2D eigenvalue weighted by Gasteiger charge is -2.29. The van der Waals surface area contributed by atoms with Crippen molar-refractivity contribution in [1.82, 2.24) is 35.7 Å². The van der Waals surface area contributed by atoms with E-state index in [0.29, 0.717) is 111 Å². The maximum absolute atomic E-state index is 14.4. The number of unbranched alkanes of at least 4 members (excludes halogenated alkanes) is 5. The molecule has 0 aliphatic carbocycles. The van der Waals surface area contributed by atoms with Crippen LogP contribution in [0.1, 0.15) is 96.2 Å². The second-order valence-corrected chi connectivity index (χ2v) is 22.8. The molecule has 2 aromatic rings. The lowest BCUT2D eigenvalue weighted by molar-refractivity contribution is -0.140. The van der Waals surface area contributed by atoms with Crippen molar-refractivity contribution in [3.8, 4) is 0 Å². The number of aliphatic hydroxyl groups is 1. The number of aromatic nitrogens is 2. The molecular formula is C57H97N8O18P. The Morgan fingerprint density at radius 1 is 0.679 bits per heavy atom. The van der Waals surface area contributed by atoms with Gasteiger partial charge < -0.3 is 89.3 Å². The highest BCUT2D eigenvalue weighted by Gasteiger charge is 2.38. The van der Waals surface area contributed by atoms with Gasteiger partial charge in [-0.25, -0.2) is 4.98 Å². The second kappa shape index (κ2) is 43.6. The van der Waals surface area contributed by atoms with Crippen LogP contribution in [0.2, 0.25) is 0 Å². The van der Waals surface area contributed by atoms with E-state index in [2.05, 4.69) is 38.4 Å². The van der Waals surface area contributed by atoms with Gasteiger partial charge >= 0.3 is 7.60 Å². The van der Waals surface area contributed by atoms with Gasteiger partial charge in [0.15, 0.2) is 0 Å². The molecule has 26 nitrogen and oxygen atoms in total. The lowest BCUT2D eigenvalue weighted by Crippen LogP contribution is -2.60. The maximum Gasteiger partial charge on any atom is 0.325 e. The molecule has 27 heteroatoms. The number of aliphatic hydroxyl groups excluding tert-OH is 1. The summed E-state index contributed by atoms with van der Waals surface area (Å²) in [6.07, 6.45) is 10.4. The van der Waals surface area contributed by atoms with Gasteiger partial charge in [-0.1, -0.05) is 76.8 Å². The molecule has 478 valence electrons. The Kier molecular flexibility index (Phi) is 38.1. The number of rotatable bonds is 50. The maximum atomic E-state index is 14.4. The third kappa shape index (κ3) is 32.0. The minimum Gasteiger partial charge on any atom is -0.394 e. The van der Waals surface area contributed by atoms with Crippen LogP contribution in [-0.4, -0.2) is 221 Å². The molecule has 6 atom stereocenters. The Morgan fingerprint density at radius 2 is 1.19 bits per heavy atom. The van der Waals surface area contributed by atoms with Crippen molar-refractivity contribution in [1.29, 1.82) is 0 Å². The number of methoxy groups -OCH3 is 1. The second-order valence-electron chi connectivity index (χ2n) is 21.1. The van der Waals surface area contributed by atoms with Crippen LogP contribution in [0.15, 0.2) is 42.9 Å². The fourth-order valence-electron chi connectivity index (χ4n) is 9.24. The number of nitrogens with two attached hydrogens (primary N) is 1. The number of primary amides is 1. The number of ether oxygens (including phenoxy) is 8. The van der Waals surface area contributed by atoms with E-state index in [4.69, 9.17) is 43.6 Å². The summed E-state index contributed by atoms with van der Waals surface area (Å²) in [6, 6.07) is 3.65. The molecule has 2 heterocycles. The molecule has 1 saturated heterocycles. The molecule has 84 heavy (non-hydrogen) atoms. The smallest absolute Gasteiger partial charge is 0.325 e. The van der Waals surface area contributed by atoms with E-state index < -0.39 is 86.0 Å². The molecule has 1 aliphatic heterocycles. The number of aryl methyl sites for hydroxylation is 2. The normalized spacial score (nSPS) is 15.3. The highest BCUT2D eigenvalue weighted by molar-refractivity contribution is 7.51. The standard InChI is InChI=1S/C57H97N8O18P/c1-43(2)37-47(61-57(72)50-18-14-21-65(50)51(67)19-22-77-25-26-79-29-30-81-33-34-83-36-35-82-32-31-80-28-27-78-24-23-76-4)54(69)60-48(55(70)62-49(40-66)56(71)63-52(53(58)68)44(3)41-84(73,74)75)38-46-39-59-42-64(46)20-13-8-6-5-7-10-15-45-16-11-9-12-17-45/h9,11-12,16-17,39,42-44,47-50,52,66H,5-8,10,13-15,18-38,40-41H2,1-4H3,(H2,58,68)(H,60,69)(H,61,72)(H,62,70)(H,63,71)(H2,73,74,75)/t44-,47-,48-,49-,50-,52-/m0/s1. The first-order valence-electron chi connectivity index (χ1n) is 29.5. The Bertz CT molecular complexity index is 2210. The largest absolute Gasteiger partial charge is 0.394 e. The van der Waals surface area contributed by atoms with E-state index in [-0.39, 0.29) is 50.9 Å².